The van der Waals surface area contributed by atoms with E-state index in [9.17, 15) is 9.90 Å². The van der Waals surface area contributed by atoms with Crippen LogP contribution in [-0.2, 0) is 4.79 Å². The summed E-state index contributed by atoms with van der Waals surface area (Å²) in [6.07, 6.45) is 0. The van der Waals surface area contributed by atoms with E-state index in [1.54, 1.807) is 20.8 Å². The maximum absolute atomic E-state index is 11.4. The summed E-state index contributed by atoms with van der Waals surface area (Å²) in [5.41, 5.74) is -0.819. The van der Waals surface area contributed by atoms with E-state index in [4.69, 9.17) is 0 Å². The molecule has 0 aliphatic rings. The summed E-state index contributed by atoms with van der Waals surface area (Å²) >= 11 is 0. The second kappa shape index (κ2) is 5.32. The molecule has 0 radical (unpaired) electrons. The minimum absolute atomic E-state index is 0.0383. The third-order valence-corrected chi connectivity index (χ3v) is 2.30. The molecule has 0 heterocycles. The Hall–Kier alpha value is -0.610. The molecule has 0 spiro atoms. The third kappa shape index (κ3) is 4.58. The summed E-state index contributed by atoms with van der Waals surface area (Å²) in [7, 11) is 0. The van der Waals surface area contributed by atoms with Crippen molar-refractivity contribution in [2.45, 2.75) is 52.3 Å². The van der Waals surface area contributed by atoms with Crippen molar-refractivity contribution in [1.29, 1.82) is 0 Å². The number of amides is 1. The Morgan fingerprint density at radius 2 is 1.93 bits per heavy atom. The van der Waals surface area contributed by atoms with Gasteiger partial charge in [0.1, 0.15) is 0 Å². The van der Waals surface area contributed by atoms with Gasteiger partial charge in [-0.2, -0.15) is 0 Å². The number of likely N-dealkylation sites (N-methyl/N-ethyl adjacent to an activating group) is 1. The summed E-state index contributed by atoms with van der Waals surface area (Å²) in [6.45, 7) is 9.58. The van der Waals surface area contributed by atoms with E-state index in [0.717, 1.165) is 0 Å². The molecule has 0 fully saturated rings. The molecule has 84 valence electrons. The minimum atomic E-state index is -0.819. The Morgan fingerprint density at radius 1 is 1.43 bits per heavy atom. The highest BCUT2D eigenvalue weighted by molar-refractivity contribution is 5.81. The van der Waals surface area contributed by atoms with Crippen molar-refractivity contribution < 1.29 is 9.90 Å². The number of carbonyl (C=O) groups excluding carboxylic acids is 1. The Bertz CT molecular complexity index is 187. The van der Waals surface area contributed by atoms with Crippen molar-refractivity contribution in [2.24, 2.45) is 0 Å². The molecule has 0 aromatic rings. The monoisotopic (exact) mass is 202 g/mol. The lowest BCUT2D eigenvalue weighted by molar-refractivity contribution is -0.123. The van der Waals surface area contributed by atoms with Crippen molar-refractivity contribution >= 4 is 5.91 Å². The number of carbonyl (C=O) groups is 1. The van der Waals surface area contributed by atoms with Gasteiger partial charge in [0.05, 0.1) is 11.6 Å². The zero-order valence-electron chi connectivity index (χ0n) is 9.72. The number of hydrogen-bond acceptors (Lipinski definition) is 3. The summed E-state index contributed by atoms with van der Waals surface area (Å²) in [6, 6.07) is -0.406. The molecule has 0 aliphatic heterocycles. The minimum Gasteiger partial charge on any atom is -0.389 e. The van der Waals surface area contributed by atoms with E-state index in [1.165, 1.54) is 0 Å². The van der Waals surface area contributed by atoms with Gasteiger partial charge in [0, 0.05) is 12.6 Å². The van der Waals surface area contributed by atoms with Crippen molar-refractivity contribution in [3.8, 4) is 0 Å². The molecular formula is C10H22N2O2. The van der Waals surface area contributed by atoms with E-state index < -0.39 is 5.60 Å². The Labute approximate surface area is 86.1 Å². The first kappa shape index (κ1) is 13.4. The summed E-state index contributed by atoms with van der Waals surface area (Å²) in [5.74, 6) is -0.0383. The van der Waals surface area contributed by atoms with Crippen LogP contribution in [0.25, 0.3) is 0 Å². The van der Waals surface area contributed by atoms with Crippen molar-refractivity contribution in [3.05, 3.63) is 0 Å². The van der Waals surface area contributed by atoms with Crippen molar-refractivity contribution in [2.75, 3.05) is 6.54 Å². The third-order valence-electron chi connectivity index (χ3n) is 2.30. The molecule has 3 N–H and O–H groups in total. The maximum Gasteiger partial charge on any atom is 0.236 e. The lowest BCUT2D eigenvalue weighted by Crippen LogP contribution is -2.52. The fraction of sp³-hybridized carbons (Fsp3) is 0.900. The first-order valence-electron chi connectivity index (χ1n) is 5.05. The van der Waals surface area contributed by atoms with E-state index in [1.807, 2.05) is 13.8 Å². The van der Waals surface area contributed by atoms with Crippen LogP contribution in [0.4, 0.5) is 0 Å². The molecule has 4 nitrogen and oxygen atoms in total. The van der Waals surface area contributed by atoms with E-state index >= 15 is 0 Å². The van der Waals surface area contributed by atoms with Crippen LogP contribution in [0.5, 0.6) is 0 Å². The number of rotatable bonds is 5. The normalized spacial score (nSPS) is 16.1. The Morgan fingerprint density at radius 3 is 2.29 bits per heavy atom. The van der Waals surface area contributed by atoms with Gasteiger partial charge in [-0.05, 0) is 34.6 Å². The van der Waals surface area contributed by atoms with Crippen LogP contribution < -0.4 is 10.6 Å². The Balaban J connectivity index is 4.06. The summed E-state index contributed by atoms with van der Waals surface area (Å²) < 4.78 is 0. The van der Waals surface area contributed by atoms with Gasteiger partial charge in [0.2, 0.25) is 5.91 Å². The number of nitrogens with one attached hydrogen (secondary N) is 2. The molecule has 0 saturated heterocycles. The lowest BCUT2D eigenvalue weighted by Gasteiger charge is -2.29. The van der Waals surface area contributed by atoms with E-state index in [2.05, 4.69) is 10.6 Å². The second-order valence-electron chi connectivity index (χ2n) is 4.16. The SMILES string of the molecule is CCNC(=O)C(C)NC(C)C(C)(C)O. The summed E-state index contributed by atoms with van der Waals surface area (Å²) in [4.78, 5) is 11.4. The van der Waals surface area contributed by atoms with Crippen LogP contribution in [0.1, 0.15) is 34.6 Å². The zero-order valence-corrected chi connectivity index (χ0v) is 9.72. The van der Waals surface area contributed by atoms with Gasteiger partial charge in [0.15, 0.2) is 0 Å². The highest BCUT2D eigenvalue weighted by Gasteiger charge is 2.25. The van der Waals surface area contributed by atoms with Crippen LogP contribution in [0.3, 0.4) is 0 Å². The topological polar surface area (TPSA) is 61.4 Å². The first-order chi connectivity index (χ1) is 6.29. The zero-order chi connectivity index (χ0) is 11.4. The maximum atomic E-state index is 11.4. The van der Waals surface area contributed by atoms with Crippen molar-refractivity contribution in [1.82, 2.24) is 10.6 Å². The fourth-order valence-electron chi connectivity index (χ4n) is 0.982. The largest absolute Gasteiger partial charge is 0.389 e. The van der Waals surface area contributed by atoms with Gasteiger partial charge >= 0.3 is 0 Å². The predicted octanol–water partition coefficient (Wildman–Crippen LogP) is 0.260. The van der Waals surface area contributed by atoms with Crippen LogP contribution in [0.2, 0.25) is 0 Å². The fourth-order valence-corrected chi connectivity index (χ4v) is 0.982. The molecular weight excluding hydrogens is 180 g/mol. The highest BCUT2D eigenvalue weighted by Crippen LogP contribution is 2.08. The molecule has 0 aromatic carbocycles. The van der Waals surface area contributed by atoms with E-state index in [-0.39, 0.29) is 18.0 Å². The van der Waals surface area contributed by atoms with Crippen LogP contribution in [0, 0.1) is 0 Å². The molecule has 0 rings (SSSR count). The lowest BCUT2D eigenvalue weighted by atomic mass is 10.00. The van der Waals surface area contributed by atoms with E-state index in [0.29, 0.717) is 6.54 Å². The molecule has 0 aromatic heterocycles. The predicted molar refractivity (Wildman–Crippen MR) is 57.0 cm³/mol. The number of hydrogen-bond donors (Lipinski definition) is 3. The van der Waals surface area contributed by atoms with Crippen LogP contribution in [0.15, 0.2) is 0 Å². The smallest absolute Gasteiger partial charge is 0.236 e. The Kier molecular flexibility index (Phi) is 5.08. The van der Waals surface area contributed by atoms with Gasteiger partial charge in [-0.3, -0.25) is 4.79 Å². The summed E-state index contributed by atoms with van der Waals surface area (Å²) in [5, 5.41) is 15.4. The number of aliphatic hydroxyl groups is 1. The molecule has 0 saturated carbocycles. The molecule has 2 atom stereocenters. The quantitative estimate of drug-likeness (QED) is 0.599. The molecule has 1 amide bonds. The highest BCUT2D eigenvalue weighted by atomic mass is 16.3. The molecule has 2 unspecified atom stereocenters. The molecule has 14 heavy (non-hydrogen) atoms. The second-order valence-corrected chi connectivity index (χ2v) is 4.16. The molecule has 0 bridgehead atoms. The van der Waals surface area contributed by atoms with Gasteiger partial charge in [-0.1, -0.05) is 0 Å². The molecule has 4 heteroatoms. The molecule has 0 aliphatic carbocycles. The average molecular weight is 202 g/mol. The van der Waals surface area contributed by atoms with Gasteiger partial charge in [-0.25, -0.2) is 0 Å². The van der Waals surface area contributed by atoms with Crippen LogP contribution in [-0.4, -0.2) is 35.2 Å². The standard InChI is InChI=1S/C10H22N2O2/c1-6-11-9(13)7(2)12-8(3)10(4,5)14/h7-8,12,14H,6H2,1-5H3,(H,11,13). The van der Waals surface area contributed by atoms with Gasteiger partial charge < -0.3 is 15.7 Å². The average Bonchev–Trinajstić information content (AvgIpc) is 2.02. The first-order valence-corrected chi connectivity index (χ1v) is 5.05. The van der Waals surface area contributed by atoms with Crippen molar-refractivity contribution in [3.63, 3.8) is 0 Å². The van der Waals surface area contributed by atoms with Crippen LogP contribution >= 0.6 is 0 Å². The van der Waals surface area contributed by atoms with Gasteiger partial charge in [0.25, 0.3) is 0 Å². The van der Waals surface area contributed by atoms with Gasteiger partial charge in [-0.15, -0.1) is 0 Å².